The van der Waals surface area contributed by atoms with Crippen LogP contribution in [-0.2, 0) is 10.0 Å². The van der Waals surface area contributed by atoms with E-state index in [0.717, 1.165) is 32.0 Å². The van der Waals surface area contributed by atoms with Gasteiger partial charge in [-0.1, -0.05) is 18.5 Å². The topological polar surface area (TPSA) is 62.3 Å². The number of rotatable bonds is 6. The average Bonchev–Trinajstić information content (AvgIpc) is 2.44. The molecule has 0 radical (unpaired) electrons. The molecule has 2 rings (SSSR count). The highest BCUT2D eigenvalue weighted by Gasteiger charge is 2.17. The van der Waals surface area contributed by atoms with E-state index in [2.05, 4.69) is 21.5 Å². The van der Waals surface area contributed by atoms with Crippen molar-refractivity contribution in [3.8, 4) is 0 Å². The molecule has 2 heterocycles. The highest BCUT2D eigenvalue weighted by molar-refractivity contribution is 7.89. The van der Waals surface area contributed by atoms with E-state index in [0.29, 0.717) is 6.54 Å². The Balaban J connectivity index is 1.76. The molecule has 0 aromatic carbocycles. The lowest BCUT2D eigenvalue weighted by Crippen LogP contribution is -2.36. The maximum absolute atomic E-state index is 12.0. The summed E-state index contributed by atoms with van der Waals surface area (Å²) < 4.78 is 26.7. The molecular formula is C14H22ClN3O2S. The van der Waals surface area contributed by atoms with Gasteiger partial charge >= 0.3 is 0 Å². The molecule has 0 amide bonds. The summed E-state index contributed by atoms with van der Waals surface area (Å²) in [4.78, 5) is 6.35. The SMILES string of the molecule is C[C@@H]1CCCN(CCCNS(=O)(=O)c2ccc(Cl)nc2)C1. The van der Waals surface area contributed by atoms with Crippen LogP contribution in [0.15, 0.2) is 23.2 Å². The lowest BCUT2D eigenvalue weighted by molar-refractivity contribution is 0.182. The third-order valence-corrected chi connectivity index (χ3v) is 5.36. The molecule has 0 saturated carbocycles. The zero-order valence-electron chi connectivity index (χ0n) is 12.3. The molecule has 1 aliphatic heterocycles. The van der Waals surface area contributed by atoms with Crippen LogP contribution in [0.1, 0.15) is 26.2 Å². The average molecular weight is 332 g/mol. The maximum atomic E-state index is 12.0. The van der Waals surface area contributed by atoms with Gasteiger partial charge in [-0.3, -0.25) is 0 Å². The van der Waals surface area contributed by atoms with Gasteiger partial charge in [0.1, 0.15) is 10.0 Å². The lowest BCUT2D eigenvalue weighted by atomic mass is 10.0. The molecule has 0 aliphatic carbocycles. The van der Waals surface area contributed by atoms with Gasteiger partial charge in [0.2, 0.25) is 10.0 Å². The van der Waals surface area contributed by atoms with Crippen LogP contribution < -0.4 is 4.72 Å². The fourth-order valence-electron chi connectivity index (χ4n) is 2.60. The largest absolute Gasteiger partial charge is 0.303 e. The standard InChI is InChI=1S/C14H22ClN3O2S/c1-12-4-2-8-18(11-12)9-3-7-17-21(19,20)13-5-6-14(15)16-10-13/h5-6,10,12,17H,2-4,7-9,11H2,1H3/t12-/m1/s1. The van der Waals surface area contributed by atoms with E-state index in [1.54, 1.807) is 0 Å². The summed E-state index contributed by atoms with van der Waals surface area (Å²) in [6.07, 6.45) is 4.62. The van der Waals surface area contributed by atoms with Gasteiger partial charge in [0.25, 0.3) is 0 Å². The minimum atomic E-state index is -3.48. The molecule has 5 nitrogen and oxygen atoms in total. The van der Waals surface area contributed by atoms with Gasteiger partial charge in [-0.2, -0.15) is 0 Å². The predicted octanol–water partition coefficient (Wildman–Crippen LogP) is 2.14. The quantitative estimate of drug-likeness (QED) is 0.641. The van der Waals surface area contributed by atoms with Crippen LogP contribution in [0.25, 0.3) is 0 Å². The van der Waals surface area contributed by atoms with Crippen molar-refractivity contribution in [2.45, 2.75) is 31.1 Å². The number of sulfonamides is 1. The zero-order valence-corrected chi connectivity index (χ0v) is 13.8. The smallest absolute Gasteiger partial charge is 0.242 e. The Morgan fingerprint density at radius 2 is 2.29 bits per heavy atom. The molecule has 1 fully saturated rings. The van der Waals surface area contributed by atoms with Crippen molar-refractivity contribution in [3.05, 3.63) is 23.5 Å². The van der Waals surface area contributed by atoms with Crippen LogP contribution in [0, 0.1) is 5.92 Å². The van der Waals surface area contributed by atoms with E-state index >= 15 is 0 Å². The van der Waals surface area contributed by atoms with E-state index in [4.69, 9.17) is 11.6 Å². The van der Waals surface area contributed by atoms with E-state index in [-0.39, 0.29) is 10.0 Å². The van der Waals surface area contributed by atoms with E-state index < -0.39 is 10.0 Å². The normalized spacial score (nSPS) is 20.6. The Morgan fingerprint density at radius 1 is 1.48 bits per heavy atom. The molecule has 1 aromatic rings. The highest BCUT2D eigenvalue weighted by atomic mass is 35.5. The third kappa shape index (κ3) is 5.21. The predicted molar refractivity (Wildman–Crippen MR) is 83.9 cm³/mol. The van der Waals surface area contributed by atoms with Crippen LogP contribution in [-0.4, -0.2) is 44.5 Å². The molecule has 0 bridgehead atoms. The first-order chi connectivity index (χ1) is 9.97. The van der Waals surface area contributed by atoms with Crippen molar-refractivity contribution >= 4 is 21.6 Å². The Morgan fingerprint density at radius 3 is 2.95 bits per heavy atom. The van der Waals surface area contributed by atoms with E-state index in [1.165, 1.54) is 31.2 Å². The molecule has 1 aromatic heterocycles. The Labute approximate surface area is 131 Å². The van der Waals surface area contributed by atoms with Crippen LogP contribution in [0.2, 0.25) is 5.15 Å². The van der Waals surface area contributed by atoms with E-state index in [9.17, 15) is 8.42 Å². The second kappa shape index (κ2) is 7.54. The lowest BCUT2D eigenvalue weighted by Gasteiger charge is -2.30. The van der Waals surface area contributed by atoms with Crippen molar-refractivity contribution in [3.63, 3.8) is 0 Å². The second-order valence-electron chi connectivity index (χ2n) is 5.62. The Bertz CT molecular complexity index is 548. The molecule has 7 heteroatoms. The molecule has 1 aliphatic rings. The minimum Gasteiger partial charge on any atom is -0.303 e. The van der Waals surface area contributed by atoms with E-state index in [1.807, 2.05) is 0 Å². The summed E-state index contributed by atoms with van der Waals surface area (Å²) in [5.41, 5.74) is 0. The zero-order chi connectivity index (χ0) is 15.3. The van der Waals surface area contributed by atoms with Gasteiger partial charge in [-0.15, -0.1) is 0 Å². The van der Waals surface area contributed by atoms with Gasteiger partial charge in [-0.05, 0) is 50.4 Å². The van der Waals surface area contributed by atoms with Gasteiger partial charge in [0.15, 0.2) is 0 Å². The Hall–Kier alpha value is -0.690. The molecule has 0 spiro atoms. The summed E-state index contributed by atoms with van der Waals surface area (Å²) in [5, 5.41) is 0.285. The molecule has 0 unspecified atom stereocenters. The first-order valence-corrected chi connectivity index (χ1v) is 9.17. The van der Waals surface area contributed by atoms with Crippen LogP contribution in [0.4, 0.5) is 0 Å². The summed E-state index contributed by atoms with van der Waals surface area (Å²) in [5.74, 6) is 0.746. The van der Waals surface area contributed by atoms with Crippen molar-refractivity contribution in [1.82, 2.24) is 14.6 Å². The first kappa shape index (κ1) is 16.7. The molecule has 21 heavy (non-hydrogen) atoms. The van der Waals surface area contributed by atoms with Gasteiger partial charge in [0.05, 0.1) is 0 Å². The van der Waals surface area contributed by atoms with Crippen molar-refractivity contribution in [2.24, 2.45) is 5.92 Å². The highest BCUT2D eigenvalue weighted by Crippen LogP contribution is 2.15. The fraction of sp³-hybridized carbons (Fsp3) is 0.643. The number of hydrogen-bond donors (Lipinski definition) is 1. The summed E-state index contributed by atoms with van der Waals surface area (Å²) in [6, 6.07) is 2.94. The molecule has 1 atom stereocenters. The second-order valence-corrected chi connectivity index (χ2v) is 7.77. The number of halogens is 1. The van der Waals surface area contributed by atoms with Crippen LogP contribution in [0.5, 0.6) is 0 Å². The molecule has 1 saturated heterocycles. The summed E-state index contributed by atoms with van der Waals surface area (Å²) in [6.45, 7) is 5.88. The minimum absolute atomic E-state index is 0.151. The number of aromatic nitrogens is 1. The van der Waals surface area contributed by atoms with Crippen LogP contribution >= 0.6 is 11.6 Å². The van der Waals surface area contributed by atoms with Gasteiger partial charge < -0.3 is 4.90 Å². The molecule has 1 N–H and O–H groups in total. The molecular weight excluding hydrogens is 310 g/mol. The van der Waals surface area contributed by atoms with Crippen molar-refractivity contribution in [2.75, 3.05) is 26.2 Å². The number of nitrogens with one attached hydrogen (secondary N) is 1. The number of nitrogens with zero attached hydrogens (tertiary/aromatic N) is 2. The van der Waals surface area contributed by atoms with Gasteiger partial charge in [0, 0.05) is 19.3 Å². The van der Waals surface area contributed by atoms with Crippen molar-refractivity contribution in [1.29, 1.82) is 0 Å². The molecule has 118 valence electrons. The fourth-order valence-corrected chi connectivity index (χ4v) is 3.73. The number of piperidine rings is 1. The number of hydrogen-bond acceptors (Lipinski definition) is 4. The van der Waals surface area contributed by atoms with Crippen LogP contribution in [0.3, 0.4) is 0 Å². The number of pyridine rings is 1. The Kier molecular flexibility index (Phi) is 5.98. The first-order valence-electron chi connectivity index (χ1n) is 7.31. The number of likely N-dealkylation sites (tertiary alicyclic amines) is 1. The summed E-state index contributed by atoms with van der Waals surface area (Å²) >= 11 is 5.65. The van der Waals surface area contributed by atoms with Gasteiger partial charge in [-0.25, -0.2) is 18.1 Å². The maximum Gasteiger partial charge on any atom is 0.242 e. The third-order valence-electron chi connectivity index (χ3n) is 3.69. The van der Waals surface area contributed by atoms with Crippen molar-refractivity contribution < 1.29 is 8.42 Å². The summed E-state index contributed by atoms with van der Waals surface area (Å²) in [7, 11) is -3.48. The monoisotopic (exact) mass is 331 g/mol.